The van der Waals surface area contributed by atoms with Crippen LogP contribution in [-0.4, -0.2) is 15.0 Å². The first-order valence-corrected chi connectivity index (χ1v) is 6.63. The fourth-order valence-electron chi connectivity index (χ4n) is 1.66. The Morgan fingerprint density at radius 1 is 1.32 bits per heavy atom. The fourth-order valence-corrected chi connectivity index (χ4v) is 2.60. The molecule has 19 heavy (non-hydrogen) atoms. The number of nitrogens with zero attached hydrogens (tertiary/aromatic N) is 3. The zero-order valence-electron chi connectivity index (χ0n) is 9.82. The average molecular weight is 295 g/mol. The van der Waals surface area contributed by atoms with Crippen LogP contribution in [0, 0.1) is 12.7 Å². The quantitative estimate of drug-likeness (QED) is 0.778. The molecule has 0 aliphatic carbocycles. The van der Waals surface area contributed by atoms with Crippen LogP contribution in [0.25, 0.3) is 10.3 Å². The summed E-state index contributed by atoms with van der Waals surface area (Å²) in [6.07, 6.45) is 1.47. The number of thiazole rings is 1. The Morgan fingerprint density at radius 3 is 2.95 bits per heavy atom. The van der Waals surface area contributed by atoms with Gasteiger partial charge in [0.2, 0.25) is 0 Å². The Hall–Kier alpha value is -1.79. The number of hydrogen-bond acceptors (Lipinski definition) is 5. The van der Waals surface area contributed by atoms with E-state index < -0.39 is 5.82 Å². The number of nitrogens with one attached hydrogen (secondary N) is 1. The van der Waals surface area contributed by atoms with E-state index >= 15 is 0 Å². The third-order valence-electron chi connectivity index (χ3n) is 2.48. The largest absolute Gasteiger partial charge is 0.338 e. The molecule has 0 atom stereocenters. The maximum absolute atomic E-state index is 13.1. The van der Waals surface area contributed by atoms with Crippen molar-refractivity contribution >= 4 is 44.8 Å². The van der Waals surface area contributed by atoms with E-state index in [1.165, 1.54) is 29.8 Å². The second-order valence-electron chi connectivity index (χ2n) is 3.86. The van der Waals surface area contributed by atoms with Gasteiger partial charge in [0.15, 0.2) is 5.82 Å². The van der Waals surface area contributed by atoms with Crippen molar-refractivity contribution in [2.75, 3.05) is 5.32 Å². The van der Waals surface area contributed by atoms with E-state index in [0.717, 1.165) is 9.84 Å². The number of aromatic nitrogens is 3. The van der Waals surface area contributed by atoms with E-state index in [1.807, 2.05) is 6.92 Å². The first-order valence-electron chi connectivity index (χ1n) is 5.44. The zero-order chi connectivity index (χ0) is 13.4. The van der Waals surface area contributed by atoms with E-state index in [-0.39, 0.29) is 5.02 Å². The molecule has 0 radical (unpaired) electrons. The Kier molecular flexibility index (Phi) is 3.04. The maximum Gasteiger partial charge on any atom is 0.161 e. The first kappa shape index (κ1) is 12.3. The van der Waals surface area contributed by atoms with Crippen LogP contribution in [0.1, 0.15) is 5.01 Å². The highest BCUT2D eigenvalue weighted by Gasteiger charge is 2.09. The molecule has 0 saturated heterocycles. The molecule has 2 heterocycles. The van der Waals surface area contributed by atoms with Gasteiger partial charge in [0, 0.05) is 5.69 Å². The van der Waals surface area contributed by atoms with Gasteiger partial charge in [-0.2, -0.15) is 0 Å². The van der Waals surface area contributed by atoms with Crippen molar-refractivity contribution in [3.8, 4) is 0 Å². The standard InChI is InChI=1S/C12H8ClFN4S/c1-6-17-10-11(15-5-16-12(10)19-6)18-7-2-3-9(14)8(13)4-7/h2-5H,1H3,(H,15,16,18). The molecule has 0 saturated carbocycles. The average Bonchev–Trinajstić information content (AvgIpc) is 2.75. The SMILES string of the molecule is Cc1nc2c(Nc3ccc(F)c(Cl)c3)ncnc2s1. The summed E-state index contributed by atoms with van der Waals surface area (Å²) in [6, 6.07) is 4.40. The second-order valence-corrected chi connectivity index (χ2v) is 5.45. The molecule has 1 aromatic carbocycles. The predicted molar refractivity (Wildman–Crippen MR) is 74.6 cm³/mol. The van der Waals surface area contributed by atoms with Gasteiger partial charge >= 0.3 is 0 Å². The molecule has 0 spiro atoms. The summed E-state index contributed by atoms with van der Waals surface area (Å²) in [6.45, 7) is 1.91. The lowest BCUT2D eigenvalue weighted by atomic mass is 10.3. The maximum atomic E-state index is 13.1. The van der Waals surface area contributed by atoms with E-state index in [0.29, 0.717) is 17.0 Å². The van der Waals surface area contributed by atoms with Crippen molar-refractivity contribution in [2.24, 2.45) is 0 Å². The molecule has 0 aliphatic rings. The Morgan fingerprint density at radius 2 is 2.16 bits per heavy atom. The van der Waals surface area contributed by atoms with Crippen molar-refractivity contribution in [1.82, 2.24) is 15.0 Å². The van der Waals surface area contributed by atoms with Gasteiger partial charge < -0.3 is 5.32 Å². The summed E-state index contributed by atoms with van der Waals surface area (Å²) in [7, 11) is 0. The van der Waals surface area contributed by atoms with Crippen LogP contribution in [-0.2, 0) is 0 Å². The van der Waals surface area contributed by atoms with Gasteiger partial charge in [-0.3, -0.25) is 0 Å². The van der Waals surface area contributed by atoms with Crippen molar-refractivity contribution in [1.29, 1.82) is 0 Å². The van der Waals surface area contributed by atoms with E-state index in [2.05, 4.69) is 20.3 Å². The molecule has 2 aromatic heterocycles. The number of fused-ring (bicyclic) bond motifs is 1. The predicted octanol–water partition coefficient (Wildman–Crippen LogP) is 3.93. The molecular weight excluding hydrogens is 287 g/mol. The summed E-state index contributed by atoms with van der Waals surface area (Å²) in [4.78, 5) is 13.5. The Balaban J connectivity index is 2.02. The normalized spacial score (nSPS) is 10.9. The molecule has 3 rings (SSSR count). The highest BCUT2D eigenvalue weighted by molar-refractivity contribution is 7.18. The number of halogens is 2. The minimum Gasteiger partial charge on any atom is -0.338 e. The van der Waals surface area contributed by atoms with Crippen LogP contribution in [0.15, 0.2) is 24.5 Å². The lowest BCUT2D eigenvalue weighted by Crippen LogP contribution is -1.96. The van der Waals surface area contributed by atoms with Gasteiger partial charge in [0.05, 0.1) is 10.0 Å². The molecule has 7 heteroatoms. The molecule has 0 bridgehead atoms. The molecule has 0 unspecified atom stereocenters. The number of anilines is 2. The van der Waals surface area contributed by atoms with Gasteiger partial charge in [-0.15, -0.1) is 0 Å². The van der Waals surface area contributed by atoms with E-state index in [9.17, 15) is 4.39 Å². The molecule has 0 fully saturated rings. The number of benzene rings is 1. The van der Waals surface area contributed by atoms with Crippen molar-refractivity contribution in [3.63, 3.8) is 0 Å². The van der Waals surface area contributed by atoms with Crippen molar-refractivity contribution < 1.29 is 4.39 Å². The van der Waals surface area contributed by atoms with Gasteiger partial charge in [-0.25, -0.2) is 19.3 Å². The zero-order valence-corrected chi connectivity index (χ0v) is 11.4. The second kappa shape index (κ2) is 4.71. The minimum absolute atomic E-state index is 0.0600. The van der Waals surface area contributed by atoms with Crippen molar-refractivity contribution in [2.45, 2.75) is 6.92 Å². The van der Waals surface area contributed by atoms with E-state index in [1.54, 1.807) is 6.07 Å². The van der Waals surface area contributed by atoms with E-state index in [4.69, 9.17) is 11.6 Å². The molecule has 0 aliphatic heterocycles. The van der Waals surface area contributed by atoms with Crippen LogP contribution in [0.3, 0.4) is 0 Å². The molecular formula is C12H8ClFN4S. The first-order chi connectivity index (χ1) is 9.13. The lowest BCUT2D eigenvalue weighted by Gasteiger charge is -2.06. The highest BCUT2D eigenvalue weighted by atomic mass is 35.5. The number of rotatable bonds is 2. The molecule has 1 N–H and O–H groups in total. The summed E-state index contributed by atoms with van der Waals surface area (Å²) in [5, 5.41) is 4.04. The number of aryl methyl sites for hydroxylation is 1. The van der Waals surface area contributed by atoms with Gasteiger partial charge in [0.1, 0.15) is 22.5 Å². The Labute approximate surface area is 117 Å². The third kappa shape index (κ3) is 2.36. The summed E-state index contributed by atoms with van der Waals surface area (Å²) < 4.78 is 13.1. The van der Waals surface area contributed by atoms with Gasteiger partial charge in [0.25, 0.3) is 0 Å². The molecule has 4 nitrogen and oxygen atoms in total. The number of hydrogen-bond donors (Lipinski definition) is 1. The van der Waals surface area contributed by atoms with Gasteiger partial charge in [-0.1, -0.05) is 22.9 Å². The molecule has 3 aromatic rings. The topological polar surface area (TPSA) is 50.7 Å². The fraction of sp³-hybridized carbons (Fsp3) is 0.0833. The molecule has 96 valence electrons. The van der Waals surface area contributed by atoms with Crippen LogP contribution >= 0.6 is 22.9 Å². The molecule has 0 amide bonds. The lowest BCUT2D eigenvalue weighted by molar-refractivity contribution is 0.628. The highest BCUT2D eigenvalue weighted by Crippen LogP contribution is 2.27. The Bertz CT molecular complexity index is 759. The van der Waals surface area contributed by atoms with Crippen LogP contribution in [0.4, 0.5) is 15.9 Å². The smallest absolute Gasteiger partial charge is 0.161 e. The van der Waals surface area contributed by atoms with Crippen LogP contribution in [0.5, 0.6) is 0 Å². The summed E-state index contributed by atoms with van der Waals surface area (Å²) in [5.74, 6) is 0.126. The summed E-state index contributed by atoms with van der Waals surface area (Å²) in [5.41, 5.74) is 1.35. The minimum atomic E-state index is -0.454. The van der Waals surface area contributed by atoms with Gasteiger partial charge in [-0.05, 0) is 25.1 Å². The third-order valence-corrected chi connectivity index (χ3v) is 3.65. The van der Waals surface area contributed by atoms with Crippen LogP contribution in [0.2, 0.25) is 5.02 Å². The van der Waals surface area contributed by atoms with Crippen molar-refractivity contribution in [3.05, 3.63) is 40.4 Å². The monoisotopic (exact) mass is 294 g/mol. The summed E-state index contributed by atoms with van der Waals surface area (Å²) >= 11 is 7.24. The van der Waals surface area contributed by atoms with Crippen LogP contribution < -0.4 is 5.32 Å².